The summed E-state index contributed by atoms with van der Waals surface area (Å²) in [6.45, 7) is 8.88. The molecule has 1 aromatic carbocycles. The summed E-state index contributed by atoms with van der Waals surface area (Å²) in [5, 5.41) is 12.7. The van der Waals surface area contributed by atoms with Gasteiger partial charge in [0.05, 0.1) is 17.2 Å². The highest BCUT2D eigenvalue weighted by molar-refractivity contribution is 6.02. The summed E-state index contributed by atoms with van der Waals surface area (Å²) in [5.41, 5.74) is -0.0617. The fourth-order valence-corrected chi connectivity index (χ4v) is 4.64. The summed E-state index contributed by atoms with van der Waals surface area (Å²) in [6.07, 6.45) is 1.03. The Balaban J connectivity index is 2.33. The first-order chi connectivity index (χ1) is 18.5. The topological polar surface area (TPSA) is 145 Å². The Kier molecular flexibility index (Phi) is 12.4. The fourth-order valence-electron chi connectivity index (χ4n) is 4.64. The average molecular weight is 548 g/mol. The standard InChI is InChI=1S/C29H41NO9/c1-6-7-8-9-11-21-27(39-25(33)14-17(2)3)19(5)38-29(36)22(18(4)37-28(21)35)15-24(32)20-12-10-13-23(26(20)34)30-16-31/h10,12-13,16-19,21-22,27,34H,6-9,11,14-15H2,1-5H3,(H,30,31)/t18-,19+,21-,22+,27+/m1/s1. The molecule has 2 rings (SSSR count). The Morgan fingerprint density at radius 2 is 1.72 bits per heavy atom. The largest absolute Gasteiger partial charge is 0.505 e. The van der Waals surface area contributed by atoms with Crippen LogP contribution in [0, 0.1) is 17.8 Å². The lowest BCUT2D eigenvalue weighted by Gasteiger charge is -2.29. The van der Waals surface area contributed by atoms with Crippen molar-refractivity contribution in [3.05, 3.63) is 23.8 Å². The van der Waals surface area contributed by atoms with Crippen molar-refractivity contribution < 1.29 is 43.3 Å². The molecule has 1 aliphatic rings. The molecule has 10 heteroatoms. The third-order valence-electron chi connectivity index (χ3n) is 6.80. The van der Waals surface area contributed by atoms with Gasteiger partial charge in [-0.25, -0.2) is 0 Å². The molecule has 0 aliphatic carbocycles. The van der Waals surface area contributed by atoms with E-state index in [0.717, 1.165) is 19.3 Å². The number of esters is 3. The first-order valence-corrected chi connectivity index (χ1v) is 13.7. The van der Waals surface area contributed by atoms with Crippen LogP contribution >= 0.6 is 0 Å². The van der Waals surface area contributed by atoms with Crippen LogP contribution < -0.4 is 5.32 Å². The third-order valence-corrected chi connectivity index (χ3v) is 6.80. The number of carbonyl (C=O) groups is 5. The van der Waals surface area contributed by atoms with Gasteiger partial charge in [-0.1, -0.05) is 52.5 Å². The van der Waals surface area contributed by atoms with Crippen molar-refractivity contribution in [3.8, 4) is 5.75 Å². The number of aromatic hydroxyl groups is 1. The van der Waals surface area contributed by atoms with Gasteiger partial charge in [-0.3, -0.25) is 24.0 Å². The van der Waals surface area contributed by atoms with E-state index in [0.29, 0.717) is 19.3 Å². The molecule has 0 aromatic heterocycles. The normalized spacial score (nSPS) is 23.6. The highest BCUT2D eigenvalue weighted by Gasteiger charge is 2.44. The smallest absolute Gasteiger partial charge is 0.313 e. The number of hydrogen-bond donors (Lipinski definition) is 2. The Morgan fingerprint density at radius 3 is 2.36 bits per heavy atom. The molecule has 1 aromatic rings. The van der Waals surface area contributed by atoms with Gasteiger partial charge in [-0.05, 0) is 38.3 Å². The molecule has 1 aliphatic heterocycles. The fraction of sp³-hybridized carbons (Fsp3) is 0.621. The molecule has 1 amide bonds. The first-order valence-electron chi connectivity index (χ1n) is 13.7. The predicted molar refractivity (Wildman–Crippen MR) is 143 cm³/mol. The number of anilines is 1. The van der Waals surface area contributed by atoms with Crippen LogP contribution in [0.5, 0.6) is 5.75 Å². The second kappa shape index (κ2) is 15.2. The van der Waals surface area contributed by atoms with E-state index in [9.17, 15) is 29.1 Å². The highest BCUT2D eigenvalue weighted by atomic mass is 16.6. The number of phenols is 1. The van der Waals surface area contributed by atoms with Gasteiger partial charge in [0.2, 0.25) is 6.41 Å². The summed E-state index contributed by atoms with van der Waals surface area (Å²) in [6, 6.07) is 4.26. The summed E-state index contributed by atoms with van der Waals surface area (Å²) in [5.74, 6) is -4.91. The number of ether oxygens (including phenoxy) is 3. The zero-order valence-corrected chi connectivity index (χ0v) is 23.4. The minimum atomic E-state index is -1.17. The van der Waals surface area contributed by atoms with Crippen LogP contribution in [0.2, 0.25) is 0 Å². The Hall–Kier alpha value is -3.43. The van der Waals surface area contributed by atoms with E-state index in [2.05, 4.69) is 12.2 Å². The maximum Gasteiger partial charge on any atom is 0.313 e. The van der Waals surface area contributed by atoms with Crippen molar-refractivity contribution in [2.45, 2.75) is 97.9 Å². The van der Waals surface area contributed by atoms with Crippen LogP contribution in [0.15, 0.2) is 18.2 Å². The number of benzene rings is 1. The number of nitrogens with one attached hydrogen (secondary N) is 1. The second-order valence-electron chi connectivity index (χ2n) is 10.5. The van der Waals surface area contributed by atoms with Crippen molar-refractivity contribution >= 4 is 35.8 Å². The van der Waals surface area contributed by atoms with Crippen LogP contribution in [-0.2, 0) is 33.4 Å². The van der Waals surface area contributed by atoms with Crippen molar-refractivity contribution in [1.82, 2.24) is 0 Å². The number of phenolic OH excluding ortho intramolecular Hbond substituents is 1. The van der Waals surface area contributed by atoms with E-state index in [-0.39, 0.29) is 23.6 Å². The number of amides is 1. The number of carbonyl (C=O) groups excluding carboxylic acids is 5. The lowest BCUT2D eigenvalue weighted by Crippen LogP contribution is -2.42. The van der Waals surface area contributed by atoms with Crippen molar-refractivity contribution in [3.63, 3.8) is 0 Å². The SMILES string of the molecule is CCCCCC[C@H]1C(=O)O[C@H](C)[C@H](CC(=O)c2cccc(NC=O)c2O)C(=O)O[C@@H](C)[C@@H]1OC(=O)CC(C)C. The van der Waals surface area contributed by atoms with E-state index in [1.54, 1.807) is 6.92 Å². The van der Waals surface area contributed by atoms with Gasteiger partial charge in [0.15, 0.2) is 11.9 Å². The number of unbranched alkanes of at least 4 members (excludes halogenated alkanes) is 3. The number of ketones is 1. The molecule has 0 unspecified atom stereocenters. The quantitative estimate of drug-likeness (QED) is 0.0905. The summed E-state index contributed by atoms with van der Waals surface area (Å²) >= 11 is 0. The predicted octanol–water partition coefficient (Wildman–Crippen LogP) is 4.57. The van der Waals surface area contributed by atoms with Crippen LogP contribution in [0.1, 0.15) is 89.9 Å². The lowest BCUT2D eigenvalue weighted by atomic mass is 9.92. The molecular formula is C29H41NO9. The third kappa shape index (κ3) is 9.07. The number of hydrogen-bond acceptors (Lipinski definition) is 9. The van der Waals surface area contributed by atoms with Gasteiger partial charge in [-0.15, -0.1) is 0 Å². The lowest BCUT2D eigenvalue weighted by molar-refractivity contribution is -0.175. The van der Waals surface area contributed by atoms with Crippen LogP contribution in [-0.4, -0.2) is 53.5 Å². The molecule has 5 atom stereocenters. The maximum absolute atomic E-state index is 13.4. The van der Waals surface area contributed by atoms with Gasteiger partial charge < -0.3 is 24.6 Å². The summed E-state index contributed by atoms with van der Waals surface area (Å²) in [7, 11) is 0. The minimum absolute atomic E-state index is 0.0358. The van der Waals surface area contributed by atoms with Gasteiger partial charge >= 0.3 is 17.9 Å². The average Bonchev–Trinajstić information content (AvgIpc) is 2.88. The van der Waals surface area contributed by atoms with E-state index in [4.69, 9.17) is 14.2 Å². The van der Waals surface area contributed by atoms with E-state index >= 15 is 0 Å². The molecule has 0 saturated carbocycles. The van der Waals surface area contributed by atoms with Crippen LogP contribution in [0.3, 0.4) is 0 Å². The van der Waals surface area contributed by atoms with E-state index in [1.165, 1.54) is 25.1 Å². The number of cyclic esters (lactones) is 2. The van der Waals surface area contributed by atoms with Gasteiger partial charge in [0, 0.05) is 12.8 Å². The molecule has 1 fully saturated rings. The van der Waals surface area contributed by atoms with E-state index in [1.807, 2.05) is 13.8 Å². The van der Waals surface area contributed by atoms with Crippen molar-refractivity contribution in [2.24, 2.45) is 17.8 Å². The van der Waals surface area contributed by atoms with Crippen molar-refractivity contribution in [2.75, 3.05) is 5.32 Å². The molecule has 2 N–H and O–H groups in total. The molecule has 1 saturated heterocycles. The zero-order chi connectivity index (χ0) is 29.1. The highest BCUT2D eigenvalue weighted by Crippen LogP contribution is 2.32. The molecule has 0 radical (unpaired) electrons. The minimum Gasteiger partial charge on any atom is -0.505 e. The van der Waals surface area contributed by atoms with Crippen molar-refractivity contribution in [1.29, 1.82) is 0 Å². The molecule has 39 heavy (non-hydrogen) atoms. The number of rotatable bonds is 13. The van der Waals surface area contributed by atoms with Gasteiger partial charge in [0.1, 0.15) is 23.9 Å². The second-order valence-corrected chi connectivity index (χ2v) is 10.5. The molecule has 0 bridgehead atoms. The number of para-hydroxylation sites is 1. The molecule has 216 valence electrons. The van der Waals surface area contributed by atoms with E-state index < -0.39 is 66.0 Å². The van der Waals surface area contributed by atoms with Crippen LogP contribution in [0.4, 0.5) is 5.69 Å². The molecule has 10 nitrogen and oxygen atoms in total. The summed E-state index contributed by atoms with van der Waals surface area (Å²) < 4.78 is 17.1. The Morgan fingerprint density at radius 1 is 1.05 bits per heavy atom. The maximum atomic E-state index is 13.4. The molecular weight excluding hydrogens is 506 g/mol. The zero-order valence-electron chi connectivity index (χ0n) is 23.4. The number of Topliss-reactive ketones (excluding diaryl/α,β-unsaturated/α-hetero) is 1. The van der Waals surface area contributed by atoms with Gasteiger partial charge in [-0.2, -0.15) is 0 Å². The Labute approximate surface area is 229 Å². The monoisotopic (exact) mass is 547 g/mol. The van der Waals surface area contributed by atoms with Gasteiger partial charge in [0.25, 0.3) is 0 Å². The molecule has 1 heterocycles. The Bertz CT molecular complexity index is 1020. The molecule has 0 spiro atoms. The summed E-state index contributed by atoms with van der Waals surface area (Å²) in [4.78, 5) is 63.1. The first kappa shape index (κ1) is 31.8. The van der Waals surface area contributed by atoms with Crippen LogP contribution in [0.25, 0.3) is 0 Å².